The molecule has 0 fully saturated rings. The third kappa shape index (κ3) is 5.18. The van der Waals surface area contributed by atoms with Crippen LogP contribution in [0.5, 0.6) is 0 Å². The second kappa shape index (κ2) is 13.4. The van der Waals surface area contributed by atoms with Crippen molar-refractivity contribution in [2.75, 3.05) is 4.90 Å². The lowest BCUT2D eigenvalue weighted by Crippen LogP contribution is -2.31. The Morgan fingerprint density at radius 1 is 0.351 bits per heavy atom. The van der Waals surface area contributed by atoms with E-state index in [0.717, 1.165) is 39.0 Å². The minimum Gasteiger partial charge on any atom is -0.456 e. The third-order valence-corrected chi connectivity index (χ3v) is 11.8. The molecule has 0 radical (unpaired) electrons. The normalized spacial score (nSPS) is 12.7. The molecule has 9 aromatic carbocycles. The molecule has 1 aromatic heterocycles. The highest BCUT2D eigenvalue weighted by atomic mass is 16.3. The molecule has 57 heavy (non-hydrogen) atoms. The summed E-state index contributed by atoms with van der Waals surface area (Å²) in [4.78, 5) is 2.45. The van der Waals surface area contributed by atoms with E-state index in [1.54, 1.807) is 0 Å². The second-order valence-corrected chi connectivity index (χ2v) is 14.8. The first-order chi connectivity index (χ1) is 28.3. The van der Waals surface area contributed by atoms with E-state index >= 15 is 0 Å². The Labute approximate surface area is 332 Å². The van der Waals surface area contributed by atoms with Gasteiger partial charge in [0.15, 0.2) is 0 Å². The second-order valence-electron chi connectivity index (χ2n) is 14.8. The van der Waals surface area contributed by atoms with Gasteiger partial charge in [-0.3, -0.25) is 0 Å². The first kappa shape index (κ1) is 33.0. The summed E-state index contributed by atoms with van der Waals surface area (Å²) in [6, 6.07) is 81.2. The smallest absolute Gasteiger partial charge is 0.135 e. The fourth-order valence-electron chi connectivity index (χ4n) is 9.31. The summed E-state index contributed by atoms with van der Waals surface area (Å²) in [5, 5.41) is 2.21. The van der Waals surface area contributed by atoms with Crippen LogP contribution < -0.4 is 4.90 Å². The molecule has 0 saturated heterocycles. The predicted molar refractivity (Wildman–Crippen MR) is 237 cm³/mol. The fraction of sp³-hybridized carbons (Fsp3) is 0.0182. The van der Waals surface area contributed by atoms with Crippen molar-refractivity contribution in [3.05, 3.63) is 247 Å². The Morgan fingerprint density at radius 2 is 0.807 bits per heavy atom. The summed E-state index contributed by atoms with van der Waals surface area (Å²) in [5.74, 6) is 0. The van der Waals surface area contributed by atoms with Gasteiger partial charge in [-0.05, 0) is 92.5 Å². The number of para-hydroxylation sites is 1. The predicted octanol–water partition coefficient (Wildman–Crippen LogP) is 14.8. The van der Waals surface area contributed by atoms with Crippen LogP contribution in [-0.4, -0.2) is 0 Å². The first-order valence-electron chi connectivity index (χ1n) is 19.6. The molecule has 0 amide bonds. The van der Waals surface area contributed by atoms with Crippen molar-refractivity contribution in [1.29, 1.82) is 0 Å². The summed E-state index contributed by atoms with van der Waals surface area (Å²) < 4.78 is 6.77. The molecule has 0 atom stereocenters. The van der Waals surface area contributed by atoms with Gasteiger partial charge in [0.25, 0.3) is 0 Å². The number of benzene rings is 9. The van der Waals surface area contributed by atoms with Gasteiger partial charge in [-0.25, -0.2) is 0 Å². The van der Waals surface area contributed by atoms with Gasteiger partial charge in [0.2, 0.25) is 0 Å². The van der Waals surface area contributed by atoms with E-state index in [1.165, 1.54) is 55.6 Å². The van der Waals surface area contributed by atoms with Gasteiger partial charge in [0.05, 0.1) is 11.1 Å². The lowest BCUT2D eigenvalue weighted by atomic mass is 9.66. The molecule has 0 saturated carbocycles. The number of hydrogen-bond acceptors (Lipinski definition) is 2. The van der Waals surface area contributed by atoms with Crippen LogP contribution in [0.4, 0.5) is 17.1 Å². The van der Waals surface area contributed by atoms with Crippen molar-refractivity contribution in [3.63, 3.8) is 0 Å². The molecule has 1 heterocycles. The molecular formula is C55H37NO. The molecule has 2 nitrogen and oxygen atoms in total. The molecule has 0 unspecified atom stereocenters. The van der Waals surface area contributed by atoms with Crippen LogP contribution in [-0.2, 0) is 5.41 Å². The van der Waals surface area contributed by atoms with Gasteiger partial charge in [-0.1, -0.05) is 182 Å². The SMILES string of the molecule is c1ccc(-c2ccc(N(c3ccc(-c4ccccc4)cc3)c3ccc4oc5ccccc5c4c3C3(c4ccccc4)c4ccccc4-c4ccccc43)cc2)cc1. The summed E-state index contributed by atoms with van der Waals surface area (Å²) in [6.07, 6.45) is 0. The largest absolute Gasteiger partial charge is 0.456 e. The van der Waals surface area contributed by atoms with E-state index in [9.17, 15) is 0 Å². The summed E-state index contributed by atoms with van der Waals surface area (Å²) in [7, 11) is 0. The Kier molecular flexibility index (Phi) is 7.75. The number of anilines is 3. The maximum absolute atomic E-state index is 6.77. The lowest BCUT2D eigenvalue weighted by Gasteiger charge is -2.39. The topological polar surface area (TPSA) is 16.4 Å². The van der Waals surface area contributed by atoms with Gasteiger partial charge in [-0.2, -0.15) is 0 Å². The highest BCUT2D eigenvalue weighted by Crippen LogP contribution is 2.61. The zero-order chi connectivity index (χ0) is 37.8. The molecule has 268 valence electrons. The number of rotatable bonds is 7. The molecule has 0 N–H and O–H groups in total. The number of furan rings is 1. The van der Waals surface area contributed by atoms with Crippen LogP contribution in [0.3, 0.4) is 0 Å². The number of fused-ring (bicyclic) bond motifs is 6. The number of hydrogen-bond donors (Lipinski definition) is 0. The van der Waals surface area contributed by atoms with Crippen molar-refractivity contribution >= 4 is 39.0 Å². The maximum Gasteiger partial charge on any atom is 0.135 e. The molecule has 0 bridgehead atoms. The van der Waals surface area contributed by atoms with Crippen molar-refractivity contribution in [3.8, 4) is 33.4 Å². The van der Waals surface area contributed by atoms with Gasteiger partial charge < -0.3 is 9.32 Å². The maximum atomic E-state index is 6.77. The Balaban J connectivity index is 1.27. The monoisotopic (exact) mass is 727 g/mol. The highest BCUT2D eigenvalue weighted by Gasteiger charge is 2.49. The quantitative estimate of drug-likeness (QED) is 0.163. The van der Waals surface area contributed by atoms with Crippen LogP contribution in [0.1, 0.15) is 22.3 Å². The van der Waals surface area contributed by atoms with Crippen molar-refractivity contribution in [2.45, 2.75) is 5.41 Å². The molecule has 1 aliphatic rings. The summed E-state index contributed by atoms with van der Waals surface area (Å²) >= 11 is 0. The Hall–Kier alpha value is -7.42. The molecule has 0 spiro atoms. The van der Waals surface area contributed by atoms with E-state index in [1.807, 2.05) is 0 Å². The molecule has 1 aliphatic carbocycles. The van der Waals surface area contributed by atoms with Crippen LogP contribution in [0.15, 0.2) is 229 Å². The minimum atomic E-state index is -0.692. The van der Waals surface area contributed by atoms with Crippen LogP contribution in [0, 0.1) is 0 Å². The van der Waals surface area contributed by atoms with E-state index in [4.69, 9.17) is 4.42 Å². The van der Waals surface area contributed by atoms with Crippen molar-refractivity contribution in [1.82, 2.24) is 0 Å². The van der Waals surface area contributed by atoms with Crippen molar-refractivity contribution < 1.29 is 4.42 Å². The minimum absolute atomic E-state index is 0.692. The lowest BCUT2D eigenvalue weighted by molar-refractivity contribution is 0.667. The van der Waals surface area contributed by atoms with Crippen LogP contribution in [0.2, 0.25) is 0 Å². The van der Waals surface area contributed by atoms with Crippen LogP contribution in [0.25, 0.3) is 55.3 Å². The van der Waals surface area contributed by atoms with E-state index in [0.29, 0.717) is 0 Å². The van der Waals surface area contributed by atoms with Gasteiger partial charge in [-0.15, -0.1) is 0 Å². The first-order valence-corrected chi connectivity index (χ1v) is 19.6. The van der Waals surface area contributed by atoms with Gasteiger partial charge in [0.1, 0.15) is 11.2 Å². The van der Waals surface area contributed by atoms with Crippen molar-refractivity contribution in [2.24, 2.45) is 0 Å². The molecule has 2 heteroatoms. The average Bonchev–Trinajstić information content (AvgIpc) is 3.82. The fourth-order valence-corrected chi connectivity index (χ4v) is 9.31. The molecule has 10 aromatic rings. The van der Waals surface area contributed by atoms with Crippen LogP contribution >= 0.6 is 0 Å². The van der Waals surface area contributed by atoms with E-state index < -0.39 is 5.41 Å². The van der Waals surface area contributed by atoms with E-state index in [2.05, 4.69) is 229 Å². The standard InChI is InChI=1S/C55H37NO/c1-4-16-38(17-5-1)40-28-32-43(33-29-40)56(44-34-30-41(31-35-44)39-18-6-2-7-19-39)50-36-37-52-53(47-24-12-15-27-51(47)57-52)54(50)55(42-20-8-3-9-21-42)48-25-13-10-22-45(48)46-23-11-14-26-49(46)55/h1-37H. The van der Waals surface area contributed by atoms with Gasteiger partial charge in [0, 0.05) is 27.7 Å². The highest BCUT2D eigenvalue weighted by molar-refractivity contribution is 6.11. The van der Waals surface area contributed by atoms with Gasteiger partial charge >= 0.3 is 0 Å². The zero-order valence-corrected chi connectivity index (χ0v) is 31.2. The molecule has 0 aliphatic heterocycles. The number of nitrogens with zero attached hydrogens (tertiary/aromatic N) is 1. The Bertz CT molecular complexity index is 2910. The summed E-state index contributed by atoms with van der Waals surface area (Å²) in [5.41, 5.74) is 16.4. The zero-order valence-electron chi connectivity index (χ0n) is 31.2. The average molecular weight is 728 g/mol. The van der Waals surface area contributed by atoms with E-state index in [-0.39, 0.29) is 0 Å². The third-order valence-electron chi connectivity index (χ3n) is 11.8. The Morgan fingerprint density at radius 3 is 1.37 bits per heavy atom. The molecular weight excluding hydrogens is 691 g/mol. The molecule has 11 rings (SSSR count). The summed E-state index contributed by atoms with van der Waals surface area (Å²) in [6.45, 7) is 0.